The van der Waals surface area contributed by atoms with Gasteiger partial charge in [-0.25, -0.2) is 14.8 Å². The van der Waals surface area contributed by atoms with Crippen LogP contribution in [0.25, 0.3) is 33.9 Å². The topological polar surface area (TPSA) is 126 Å². The first-order valence-electron chi connectivity index (χ1n) is 11.9. The lowest BCUT2D eigenvalue weighted by molar-refractivity contribution is -0.123. The highest BCUT2D eigenvalue weighted by atomic mass is 16.6. The molecular formula is C28H21N3O7. The van der Waals surface area contributed by atoms with Crippen molar-refractivity contribution in [1.29, 1.82) is 0 Å². The number of ether oxygens (including phenoxy) is 3. The summed E-state index contributed by atoms with van der Waals surface area (Å²) in [6.45, 7) is 2.40. The molecule has 1 atom stereocenters. The fourth-order valence-corrected chi connectivity index (χ4v) is 4.00. The summed E-state index contributed by atoms with van der Waals surface area (Å²) in [6, 6.07) is 16.9. The van der Waals surface area contributed by atoms with Crippen molar-refractivity contribution in [3.63, 3.8) is 0 Å². The van der Waals surface area contributed by atoms with E-state index in [2.05, 4.69) is 10.3 Å². The molecule has 1 amide bonds. The third-order valence-electron chi connectivity index (χ3n) is 5.87. The number of benzene rings is 2. The lowest BCUT2D eigenvalue weighted by Crippen LogP contribution is -2.30. The largest absolute Gasteiger partial charge is 0.486 e. The quantitative estimate of drug-likeness (QED) is 0.310. The van der Waals surface area contributed by atoms with Crippen molar-refractivity contribution < 1.29 is 32.6 Å². The number of carbonyl (C=O) groups is 2. The van der Waals surface area contributed by atoms with Crippen LogP contribution < -0.4 is 14.8 Å². The maximum absolute atomic E-state index is 12.9. The average Bonchev–Trinajstić information content (AvgIpc) is 3.67. The minimum atomic E-state index is -1.06. The molecule has 0 fully saturated rings. The third-order valence-corrected chi connectivity index (χ3v) is 5.87. The Morgan fingerprint density at radius 2 is 1.53 bits per heavy atom. The monoisotopic (exact) mass is 511 g/mol. The number of furan rings is 2. The Kier molecular flexibility index (Phi) is 5.97. The van der Waals surface area contributed by atoms with E-state index in [1.165, 1.54) is 6.92 Å². The number of anilines is 1. The lowest BCUT2D eigenvalue weighted by Gasteiger charge is -2.19. The molecule has 10 heteroatoms. The van der Waals surface area contributed by atoms with Crippen molar-refractivity contribution in [3.8, 4) is 34.4 Å². The fraction of sp³-hybridized carbons (Fsp3) is 0.143. The van der Waals surface area contributed by atoms with Gasteiger partial charge in [0.05, 0.1) is 29.1 Å². The molecule has 0 bridgehead atoms. The van der Waals surface area contributed by atoms with Crippen LogP contribution in [0.2, 0.25) is 0 Å². The molecule has 0 radical (unpaired) electrons. The zero-order valence-electron chi connectivity index (χ0n) is 20.2. The summed E-state index contributed by atoms with van der Waals surface area (Å²) in [5, 5.41) is 2.73. The molecule has 10 nitrogen and oxygen atoms in total. The van der Waals surface area contributed by atoms with Gasteiger partial charge in [0.2, 0.25) is 0 Å². The summed E-state index contributed by atoms with van der Waals surface area (Å²) in [5.74, 6) is 1.03. The summed E-state index contributed by atoms with van der Waals surface area (Å²) in [5.41, 5.74) is 2.71. The molecule has 1 unspecified atom stereocenters. The predicted octanol–water partition coefficient (Wildman–Crippen LogP) is 5.11. The lowest BCUT2D eigenvalue weighted by atomic mass is 10.1. The van der Waals surface area contributed by atoms with E-state index in [0.717, 1.165) is 0 Å². The summed E-state index contributed by atoms with van der Waals surface area (Å²) in [7, 11) is 0. The SMILES string of the molecule is CC(OC(=O)c1ccc2nc(-c3ccco3)c(-c3ccco3)nc2c1)C(=O)Nc1ccc2c(c1)OCCO2. The zero-order valence-corrected chi connectivity index (χ0v) is 20.2. The maximum atomic E-state index is 12.9. The van der Waals surface area contributed by atoms with Gasteiger partial charge >= 0.3 is 5.97 Å². The Labute approximate surface area is 216 Å². The first kappa shape index (κ1) is 23.3. The van der Waals surface area contributed by atoms with E-state index >= 15 is 0 Å². The molecule has 1 N–H and O–H groups in total. The Bertz CT molecular complexity index is 1630. The van der Waals surface area contributed by atoms with E-state index in [4.69, 9.17) is 28.0 Å². The first-order chi connectivity index (χ1) is 18.5. The van der Waals surface area contributed by atoms with Gasteiger partial charge in [0.15, 0.2) is 29.1 Å². The van der Waals surface area contributed by atoms with Crippen molar-refractivity contribution >= 4 is 28.6 Å². The second-order valence-electron chi connectivity index (χ2n) is 8.47. The number of esters is 1. The Balaban J connectivity index is 1.21. The van der Waals surface area contributed by atoms with Gasteiger partial charge in [-0.2, -0.15) is 0 Å². The van der Waals surface area contributed by atoms with Gasteiger partial charge < -0.3 is 28.4 Å². The number of aromatic nitrogens is 2. The fourth-order valence-electron chi connectivity index (χ4n) is 4.00. The smallest absolute Gasteiger partial charge is 0.338 e. The number of amides is 1. The van der Waals surface area contributed by atoms with Crippen LogP contribution in [0, 0.1) is 0 Å². The molecule has 6 rings (SSSR count). The van der Waals surface area contributed by atoms with Gasteiger partial charge in [0, 0.05) is 11.8 Å². The standard InChI is InChI=1S/C28H21N3O7/c1-16(27(32)29-18-7-9-21-24(15-18)37-13-12-36-21)38-28(33)17-6-8-19-20(14-17)31-26(23-5-3-11-35-23)25(30-19)22-4-2-10-34-22/h2-11,14-16H,12-13H2,1H3,(H,29,32). The molecule has 190 valence electrons. The molecule has 0 saturated heterocycles. The Morgan fingerprint density at radius 3 is 2.21 bits per heavy atom. The first-order valence-corrected chi connectivity index (χ1v) is 11.9. The summed E-state index contributed by atoms with van der Waals surface area (Å²) in [4.78, 5) is 35.0. The predicted molar refractivity (Wildman–Crippen MR) is 136 cm³/mol. The van der Waals surface area contributed by atoms with Crippen molar-refractivity contribution in [3.05, 3.63) is 78.8 Å². The summed E-state index contributed by atoms with van der Waals surface area (Å²) in [6.07, 6.45) is 2.04. The molecule has 0 saturated carbocycles. The molecule has 5 aromatic rings. The molecule has 2 aromatic carbocycles. The van der Waals surface area contributed by atoms with Crippen molar-refractivity contribution in [2.75, 3.05) is 18.5 Å². The van der Waals surface area contributed by atoms with Crippen LogP contribution in [0.1, 0.15) is 17.3 Å². The van der Waals surface area contributed by atoms with Crippen LogP contribution in [0.5, 0.6) is 11.5 Å². The van der Waals surface area contributed by atoms with E-state index in [1.807, 2.05) is 0 Å². The molecule has 1 aliphatic rings. The number of carbonyl (C=O) groups excluding carboxylic acids is 2. The van der Waals surface area contributed by atoms with Crippen LogP contribution in [-0.2, 0) is 9.53 Å². The Hall–Kier alpha value is -5.12. The molecule has 0 spiro atoms. The van der Waals surface area contributed by atoms with Gasteiger partial charge in [0.1, 0.15) is 24.6 Å². The van der Waals surface area contributed by atoms with E-state index < -0.39 is 18.0 Å². The maximum Gasteiger partial charge on any atom is 0.338 e. The highest BCUT2D eigenvalue weighted by molar-refractivity contribution is 5.99. The van der Waals surface area contributed by atoms with Crippen LogP contribution in [0.4, 0.5) is 5.69 Å². The molecular weight excluding hydrogens is 490 g/mol. The van der Waals surface area contributed by atoms with Gasteiger partial charge in [-0.15, -0.1) is 0 Å². The van der Waals surface area contributed by atoms with Crippen LogP contribution in [0.3, 0.4) is 0 Å². The normalized spacial score (nSPS) is 13.2. The third kappa shape index (κ3) is 4.55. The molecule has 4 heterocycles. The average molecular weight is 511 g/mol. The second-order valence-corrected chi connectivity index (χ2v) is 8.47. The van der Waals surface area contributed by atoms with Crippen LogP contribution in [0.15, 0.2) is 82.0 Å². The molecule has 38 heavy (non-hydrogen) atoms. The highest BCUT2D eigenvalue weighted by Crippen LogP contribution is 2.33. The molecule has 1 aliphatic heterocycles. The minimum absolute atomic E-state index is 0.224. The number of fused-ring (bicyclic) bond motifs is 2. The van der Waals surface area contributed by atoms with Crippen LogP contribution >= 0.6 is 0 Å². The number of nitrogens with zero attached hydrogens (tertiary/aromatic N) is 2. The van der Waals surface area contributed by atoms with E-state index in [1.54, 1.807) is 73.2 Å². The van der Waals surface area contributed by atoms with Crippen molar-refractivity contribution in [1.82, 2.24) is 9.97 Å². The van der Waals surface area contributed by atoms with E-state index in [0.29, 0.717) is 64.3 Å². The summed E-state index contributed by atoms with van der Waals surface area (Å²) < 4.78 is 27.5. The van der Waals surface area contributed by atoms with Gasteiger partial charge in [-0.3, -0.25) is 4.79 Å². The van der Waals surface area contributed by atoms with Crippen molar-refractivity contribution in [2.24, 2.45) is 0 Å². The molecule has 0 aliphatic carbocycles. The van der Waals surface area contributed by atoms with Crippen molar-refractivity contribution in [2.45, 2.75) is 13.0 Å². The minimum Gasteiger partial charge on any atom is -0.486 e. The van der Waals surface area contributed by atoms with E-state index in [-0.39, 0.29) is 5.56 Å². The number of hydrogen-bond acceptors (Lipinski definition) is 9. The van der Waals surface area contributed by atoms with Gasteiger partial charge in [-0.05, 0) is 61.5 Å². The second kappa shape index (κ2) is 9.74. The van der Waals surface area contributed by atoms with Gasteiger partial charge in [-0.1, -0.05) is 0 Å². The van der Waals surface area contributed by atoms with E-state index in [9.17, 15) is 9.59 Å². The Morgan fingerprint density at radius 1 is 0.842 bits per heavy atom. The number of hydrogen-bond donors (Lipinski definition) is 1. The van der Waals surface area contributed by atoms with Gasteiger partial charge in [0.25, 0.3) is 5.91 Å². The van der Waals surface area contributed by atoms with Crippen LogP contribution in [-0.4, -0.2) is 41.2 Å². The number of nitrogens with one attached hydrogen (secondary N) is 1. The summed E-state index contributed by atoms with van der Waals surface area (Å²) >= 11 is 0. The number of rotatable bonds is 6. The zero-order chi connectivity index (χ0) is 26.1. The molecule has 3 aromatic heterocycles. The highest BCUT2D eigenvalue weighted by Gasteiger charge is 2.22.